The van der Waals surface area contributed by atoms with Gasteiger partial charge in [0.05, 0.1) is 12.0 Å². The van der Waals surface area contributed by atoms with Crippen molar-refractivity contribution in [1.29, 1.82) is 0 Å². The smallest absolute Gasteiger partial charge is 0.306 e. The van der Waals surface area contributed by atoms with Crippen LogP contribution >= 0.6 is 0 Å². The summed E-state index contributed by atoms with van der Waals surface area (Å²) in [6.45, 7) is 4.07. The topological polar surface area (TPSA) is 73.8 Å². The van der Waals surface area contributed by atoms with Gasteiger partial charge < -0.3 is 5.43 Å². The van der Waals surface area contributed by atoms with Gasteiger partial charge in [0.15, 0.2) is 0 Å². The minimum Gasteiger partial charge on any atom is -0.306 e. The molecule has 1 saturated heterocycles. The van der Waals surface area contributed by atoms with Crippen LogP contribution in [0.2, 0.25) is 5.31 Å². The molecule has 2 aliphatic heterocycles. The lowest BCUT2D eigenvalue weighted by Crippen LogP contribution is -2.62. The molecule has 2 N–H and O–H groups in total. The molecule has 0 aromatic heterocycles. The van der Waals surface area contributed by atoms with Crippen LogP contribution in [0, 0.1) is 5.92 Å². The normalized spacial score (nSPS) is 37.8. The molecule has 3 aliphatic rings. The molecule has 0 radical (unpaired) electrons. The Morgan fingerprint density at radius 2 is 2.23 bits per heavy atom. The van der Waals surface area contributed by atoms with Crippen LogP contribution in [0.3, 0.4) is 0 Å². The first-order valence-corrected chi connectivity index (χ1v) is 7.69. The second-order valence-electron chi connectivity index (χ2n) is 6.88. The van der Waals surface area contributed by atoms with E-state index in [0.717, 1.165) is 12.1 Å². The van der Waals surface area contributed by atoms with Gasteiger partial charge in [-0.2, -0.15) is 5.10 Å². The molecule has 0 spiro atoms. The Kier molecular flexibility index (Phi) is 3.58. The third kappa shape index (κ3) is 2.55. The van der Waals surface area contributed by atoms with E-state index in [1.165, 1.54) is 0 Å². The molecule has 4 atom stereocenters. The van der Waals surface area contributed by atoms with Crippen LogP contribution in [0.15, 0.2) is 29.0 Å². The largest absolute Gasteiger partial charge is 0.328 e. The number of hydrogen-bond acceptors (Lipinski definition) is 4. The van der Waals surface area contributed by atoms with E-state index in [4.69, 9.17) is 0 Å². The zero-order valence-electron chi connectivity index (χ0n) is 13.2. The molecule has 2 heterocycles. The van der Waals surface area contributed by atoms with Gasteiger partial charge in [-0.3, -0.25) is 15.0 Å². The zero-order chi connectivity index (χ0) is 15.9. The fourth-order valence-corrected chi connectivity index (χ4v) is 3.42. The maximum Gasteiger partial charge on any atom is 0.328 e. The lowest BCUT2D eigenvalue weighted by Gasteiger charge is -2.42. The van der Waals surface area contributed by atoms with Crippen molar-refractivity contribution in [3.05, 3.63) is 23.9 Å². The zero-order valence-corrected chi connectivity index (χ0v) is 13.2. The minimum atomic E-state index is -0.346. The van der Waals surface area contributed by atoms with E-state index in [1.807, 2.05) is 13.0 Å². The van der Waals surface area contributed by atoms with Crippen LogP contribution in [0.5, 0.6) is 0 Å². The van der Waals surface area contributed by atoms with Crippen molar-refractivity contribution in [2.24, 2.45) is 11.0 Å². The maximum absolute atomic E-state index is 12.4. The number of allylic oxidation sites excluding steroid dienone is 3. The number of hydrazone groups is 1. The van der Waals surface area contributed by atoms with E-state index >= 15 is 0 Å². The Morgan fingerprint density at radius 3 is 2.86 bits per heavy atom. The number of imide groups is 1. The lowest BCUT2D eigenvalue weighted by atomic mass is 9.66. The predicted octanol–water partition coefficient (Wildman–Crippen LogP) is 0.546. The van der Waals surface area contributed by atoms with E-state index in [1.54, 1.807) is 11.1 Å². The van der Waals surface area contributed by atoms with Crippen molar-refractivity contribution in [3.63, 3.8) is 0 Å². The molecule has 3 amide bonds. The summed E-state index contributed by atoms with van der Waals surface area (Å²) in [4.78, 5) is 26.3. The molecular formula is C15H21BN4O2. The Balaban J connectivity index is 1.90. The summed E-state index contributed by atoms with van der Waals surface area (Å²) in [6.07, 6.45) is 9.57. The van der Waals surface area contributed by atoms with Crippen molar-refractivity contribution in [1.82, 2.24) is 15.6 Å². The van der Waals surface area contributed by atoms with E-state index in [0.29, 0.717) is 6.42 Å². The lowest BCUT2D eigenvalue weighted by molar-refractivity contribution is -0.128. The van der Waals surface area contributed by atoms with E-state index in [2.05, 4.69) is 42.8 Å². The number of carbonyl (C=O) groups excluding carboxylic acids is 2. The van der Waals surface area contributed by atoms with Gasteiger partial charge in [-0.05, 0) is 24.7 Å². The molecule has 7 heteroatoms. The van der Waals surface area contributed by atoms with E-state index < -0.39 is 0 Å². The first-order chi connectivity index (χ1) is 10.4. The summed E-state index contributed by atoms with van der Waals surface area (Å²) in [5.74, 6) is -0.545. The monoisotopic (exact) mass is 300 g/mol. The summed E-state index contributed by atoms with van der Waals surface area (Å²) in [5.41, 5.74) is 3.83. The fraction of sp³-hybridized carbons (Fsp3) is 0.533. The molecule has 0 saturated carbocycles. The molecule has 1 aliphatic carbocycles. The SMILES string of the molecule is BC1(C)C=C(N2C(=O)NC(=O)C(C3CC=NN3)C2C)C=CC1. The molecule has 3 rings (SSSR count). The summed E-state index contributed by atoms with van der Waals surface area (Å²) in [6, 6.07) is -0.627. The van der Waals surface area contributed by atoms with Crippen molar-refractivity contribution in [2.75, 3.05) is 0 Å². The number of carbonyl (C=O) groups is 2. The van der Waals surface area contributed by atoms with Gasteiger partial charge in [0.1, 0.15) is 7.85 Å². The predicted molar refractivity (Wildman–Crippen MR) is 87.1 cm³/mol. The highest BCUT2D eigenvalue weighted by molar-refractivity contribution is 6.16. The van der Waals surface area contributed by atoms with Gasteiger partial charge >= 0.3 is 6.03 Å². The van der Waals surface area contributed by atoms with Crippen LogP contribution < -0.4 is 10.7 Å². The average molecular weight is 300 g/mol. The molecule has 4 unspecified atom stereocenters. The summed E-state index contributed by atoms with van der Waals surface area (Å²) in [5, 5.41) is 6.50. The number of rotatable bonds is 2. The molecule has 22 heavy (non-hydrogen) atoms. The summed E-state index contributed by atoms with van der Waals surface area (Å²) in [7, 11) is 2.14. The van der Waals surface area contributed by atoms with Gasteiger partial charge in [0, 0.05) is 24.4 Å². The standard InChI is InChI=1S/C15H21BN4O2/c1-9-12(11-5-7-17-19-11)13(21)18-14(22)20(9)10-4-3-6-15(2,16)8-10/h3-4,7-9,11-12,19H,5-6,16H2,1-2H3,(H,18,21,22). The van der Waals surface area contributed by atoms with Crippen LogP contribution in [-0.2, 0) is 4.79 Å². The molecular weight excluding hydrogens is 279 g/mol. The van der Waals surface area contributed by atoms with Crippen LogP contribution in [0.25, 0.3) is 0 Å². The number of nitrogens with one attached hydrogen (secondary N) is 2. The van der Waals surface area contributed by atoms with E-state index in [9.17, 15) is 9.59 Å². The first kappa shape index (κ1) is 14.9. The van der Waals surface area contributed by atoms with Crippen LogP contribution in [-0.4, -0.2) is 43.0 Å². The number of hydrogen-bond donors (Lipinski definition) is 2. The molecule has 1 fully saturated rings. The third-order valence-electron chi connectivity index (χ3n) is 4.55. The van der Waals surface area contributed by atoms with Gasteiger partial charge in [-0.1, -0.05) is 19.1 Å². The van der Waals surface area contributed by atoms with Gasteiger partial charge in [-0.25, -0.2) is 4.79 Å². The minimum absolute atomic E-state index is 0.00968. The highest BCUT2D eigenvalue weighted by Gasteiger charge is 2.44. The van der Waals surface area contributed by atoms with Crippen LogP contribution in [0.1, 0.15) is 26.7 Å². The highest BCUT2D eigenvalue weighted by atomic mass is 16.2. The number of amides is 3. The first-order valence-electron chi connectivity index (χ1n) is 7.69. The van der Waals surface area contributed by atoms with Crippen molar-refractivity contribution >= 4 is 26.0 Å². The summed E-state index contributed by atoms with van der Waals surface area (Å²) < 4.78 is 0. The quantitative estimate of drug-likeness (QED) is 0.731. The second kappa shape index (κ2) is 5.30. The van der Waals surface area contributed by atoms with Gasteiger partial charge in [-0.15, -0.1) is 0 Å². The number of nitrogens with zero attached hydrogens (tertiary/aromatic N) is 2. The molecule has 6 nitrogen and oxygen atoms in total. The van der Waals surface area contributed by atoms with Crippen LogP contribution in [0.4, 0.5) is 4.79 Å². The second-order valence-corrected chi connectivity index (χ2v) is 6.88. The Labute approximate surface area is 131 Å². The molecule has 0 bridgehead atoms. The highest BCUT2D eigenvalue weighted by Crippen LogP contribution is 2.36. The van der Waals surface area contributed by atoms with E-state index in [-0.39, 0.29) is 35.3 Å². The average Bonchev–Trinajstić information content (AvgIpc) is 2.90. The Hall–Kier alpha value is -2.05. The third-order valence-corrected chi connectivity index (χ3v) is 4.55. The Morgan fingerprint density at radius 1 is 1.45 bits per heavy atom. The van der Waals surface area contributed by atoms with Crippen molar-refractivity contribution < 1.29 is 9.59 Å². The maximum atomic E-state index is 12.4. The van der Waals surface area contributed by atoms with Gasteiger partial charge in [0.25, 0.3) is 0 Å². The fourth-order valence-electron chi connectivity index (χ4n) is 3.42. The van der Waals surface area contributed by atoms with Crippen molar-refractivity contribution in [3.8, 4) is 0 Å². The number of urea groups is 1. The molecule has 0 aromatic rings. The Bertz CT molecular complexity index is 588. The molecule has 0 aromatic carbocycles. The van der Waals surface area contributed by atoms with Gasteiger partial charge in [0.2, 0.25) is 5.91 Å². The summed E-state index contributed by atoms with van der Waals surface area (Å²) >= 11 is 0. The molecule has 116 valence electrons. The van der Waals surface area contributed by atoms with Crippen molar-refractivity contribution in [2.45, 2.75) is 44.1 Å².